The molecule has 0 fully saturated rings. The fraction of sp³-hybridized carbons (Fsp3) is 0.389. The van der Waals surface area contributed by atoms with E-state index >= 15 is 0 Å². The molecule has 0 bridgehead atoms. The maximum Gasteiger partial charge on any atom is 0.411 e. The van der Waals surface area contributed by atoms with Crippen LogP contribution in [-0.2, 0) is 11.2 Å². The zero-order valence-corrected chi connectivity index (χ0v) is 14.5. The van der Waals surface area contributed by atoms with Gasteiger partial charge in [-0.3, -0.25) is 4.90 Å². The van der Waals surface area contributed by atoms with E-state index in [2.05, 4.69) is 19.9 Å². The zero-order valence-electron chi connectivity index (χ0n) is 14.5. The summed E-state index contributed by atoms with van der Waals surface area (Å²) in [6, 6.07) is 7.42. The zero-order chi connectivity index (χ0) is 17.6. The topological polar surface area (TPSA) is 86.9 Å². The molecule has 0 radical (unpaired) electrons. The Morgan fingerprint density at radius 1 is 1.32 bits per heavy atom. The van der Waals surface area contributed by atoms with Gasteiger partial charge in [-0.1, -0.05) is 12.1 Å². The van der Waals surface area contributed by atoms with E-state index in [0.29, 0.717) is 18.8 Å². The summed E-state index contributed by atoms with van der Waals surface area (Å²) in [5.74, 6) is 0.695. The number of para-hydroxylation sites is 2. The maximum atomic E-state index is 12.8. The van der Waals surface area contributed by atoms with E-state index in [4.69, 9.17) is 4.74 Å². The summed E-state index contributed by atoms with van der Waals surface area (Å²) in [6.07, 6.45) is 2.02. The summed E-state index contributed by atoms with van der Waals surface area (Å²) < 4.78 is 5.60. The SMILES string of the molecule is CC(C)(C)OC(=O)N1CCc2[nH]cnc2[C@H]1c1nc2ccccc2[nH]1. The molecular weight excluding hydrogens is 318 g/mol. The molecule has 25 heavy (non-hydrogen) atoms. The molecule has 1 atom stereocenters. The first-order valence-corrected chi connectivity index (χ1v) is 8.39. The van der Waals surface area contributed by atoms with Crippen molar-refractivity contribution in [3.05, 3.63) is 47.8 Å². The van der Waals surface area contributed by atoms with E-state index in [0.717, 1.165) is 22.4 Å². The molecule has 0 saturated heterocycles. The quantitative estimate of drug-likeness (QED) is 0.713. The minimum Gasteiger partial charge on any atom is -0.444 e. The lowest BCUT2D eigenvalue weighted by Gasteiger charge is -2.35. The second-order valence-corrected chi connectivity index (χ2v) is 7.23. The van der Waals surface area contributed by atoms with Crippen molar-refractivity contribution < 1.29 is 9.53 Å². The number of hydrogen-bond acceptors (Lipinski definition) is 4. The third-order valence-electron chi connectivity index (χ3n) is 4.22. The molecule has 2 aromatic heterocycles. The molecule has 130 valence electrons. The summed E-state index contributed by atoms with van der Waals surface area (Å²) in [7, 11) is 0. The van der Waals surface area contributed by atoms with Gasteiger partial charge in [-0.15, -0.1) is 0 Å². The Morgan fingerprint density at radius 3 is 2.88 bits per heavy atom. The van der Waals surface area contributed by atoms with Gasteiger partial charge in [0, 0.05) is 18.7 Å². The van der Waals surface area contributed by atoms with E-state index in [1.807, 2.05) is 45.0 Å². The molecule has 1 aromatic carbocycles. The van der Waals surface area contributed by atoms with Gasteiger partial charge in [0.15, 0.2) is 0 Å². The number of nitrogens with one attached hydrogen (secondary N) is 2. The molecular formula is C18H21N5O2. The molecule has 4 rings (SSSR count). The third kappa shape index (κ3) is 2.86. The largest absolute Gasteiger partial charge is 0.444 e. The summed E-state index contributed by atoms with van der Waals surface area (Å²) in [5.41, 5.74) is 3.09. The fourth-order valence-corrected chi connectivity index (χ4v) is 3.17. The molecule has 1 aliphatic rings. The monoisotopic (exact) mass is 339 g/mol. The summed E-state index contributed by atoms with van der Waals surface area (Å²) in [4.78, 5) is 30.1. The Kier molecular flexibility index (Phi) is 3.52. The van der Waals surface area contributed by atoms with Crippen LogP contribution in [0.4, 0.5) is 4.79 Å². The van der Waals surface area contributed by atoms with Crippen molar-refractivity contribution in [2.75, 3.05) is 6.54 Å². The number of H-pyrrole nitrogens is 2. The third-order valence-corrected chi connectivity index (χ3v) is 4.22. The lowest BCUT2D eigenvalue weighted by Crippen LogP contribution is -2.43. The molecule has 7 nitrogen and oxygen atoms in total. The van der Waals surface area contributed by atoms with E-state index in [1.165, 1.54) is 0 Å². The number of carbonyl (C=O) groups excluding carboxylic acids is 1. The van der Waals surface area contributed by atoms with Crippen molar-refractivity contribution in [3.8, 4) is 0 Å². The molecule has 2 N–H and O–H groups in total. The standard InChI is InChI=1S/C18H21N5O2/c1-18(2,3)25-17(24)23-9-8-13-14(20-10-19-13)15(23)16-21-11-6-4-5-7-12(11)22-16/h4-7,10,15H,8-9H2,1-3H3,(H,19,20)(H,21,22)/t15-/m0/s1. The van der Waals surface area contributed by atoms with Gasteiger partial charge in [-0.2, -0.15) is 0 Å². The number of aromatic amines is 2. The lowest BCUT2D eigenvalue weighted by molar-refractivity contribution is 0.0167. The summed E-state index contributed by atoms with van der Waals surface area (Å²) in [6.45, 7) is 6.15. The molecule has 0 unspecified atom stereocenters. The number of benzene rings is 1. The van der Waals surface area contributed by atoms with E-state index in [-0.39, 0.29) is 6.09 Å². The Hall–Kier alpha value is -2.83. The van der Waals surface area contributed by atoms with E-state index in [1.54, 1.807) is 11.2 Å². The van der Waals surface area contributed by atoms with Crippen LogP contribution in [0.5, 0.6) is 0 Å². The highest BCUT2D eigenvalue weighted by atomic mass is 16.6. The molecule has 0 saturated carbocycles. The van der Waals surface area contributed by atoms with E-state index < -0.39 is 11.6 Å². The van der Waals surface area contributed by atoms with Crippen molar-refractivity contribution in [3.63, 3.8) is 0 Å². The highest BCUT2D eigenvalue weighted by Gasteiger charge is 2.38. The Morgan fingerprint density at radius 2 is 2.12 bits per heavy atom. The molecule has 3 heterocycles. The first kappa shape index (κ1) is 15.7. The minimum atomic E-state index is -0.554. The van der Waals surface area contributed by atoms with Gasteiger partial charge in [-0.05, 0) is 32.9 Å². The first-order chi connectivity index (χ1) is 11.9. The van der Waals surface area contributed by atoms with Gasteiger partial charge in [0.05, 0.1) is 23.1 Å². The molecule has 1 amide bonds. The predicted octanol–water partition coefficient (Wildman–Crippen LogP) is 3.17. The van der Waals surface area contributed by atoms with Crippen molar-refractivity contribution in [2.24, 2.45) is 0 Å². The van der Waals surface area contributed by atoms with E-state index in [9.17, 15) is 4.79 Å². The minimum absolute atomic E-state index is 0.355. The number of ether oxygens (including phenoxy) is 1. The van der Waals surface area contributed by atoms with Gasteiger partial charge < -0.3 is 14.7 Å². The Balaban J connectivity index is 1.77. The molecule has 7 heteroatoms. The summed E-state index contributed by atoms with van der Waals surface area (Å²) in [5, 5.41) is 0. The van der Waals surface area contributed by atoms with Crippen LogP contribution < -0.4 is 0 Å². The van der Waals surface area contributed by atoms with Crippen LogP contribution in [0.25, 0.3) is 11.0 Å². The van der Waals surface area contributed by atoms with Crippen molar-refractivity contribution in [1.29, 1.82) is 0 Å². The second-order valence-electron chi connectivity index (χ2n) is 7.23. The second kappa shape index (κ2) is 5.61. The van der Waals surface area contributed by atoms with Crippen LogP contribution in [0, 0.1) is 0 Å². The van der Waals surface area contributed by atoms with Crippen LogP contribution in [-0.4, -0.2) is 43.1 Å². The smallest absolute Gasteiger partial charge is 0.411 e. The van der Waals surface area contributed by atoms with Gasteiger partial charge in [0.25, 0.3) is 0 Å². The first-order valence-electron chi connectivity index (χ1n) is 8.39. The Bertz CT molecular complexity index is 888. The highest BCUT2D eigenvalue weighted by Crippen LogP contribution is 2.33. The van der Waals surface area contributed by atoms with Crippen molar-refractivity contribution in [2.45, 2.75) is 38.8 Å². The average molecular weight is 339 g/mol. The molecule has 3 aromatic rings. The average Bonchev–Trinajstić information content (AvgIpc) is 3.18. The number of carbonyl (C=O) groups is 1. The number of rotatable bonds is 1. The highest BCUT2D eigenvalue weighted by molar-refractivity contribution is 5.75. The van der Waals surface area contributed by atoms with Crippen LogP contribution in [0.15, 0.2) is 30.6 Å². The molecule has 1 aliphatic heterocycles. The van der Waals surface area contributed by atoms with Crippen LogP contribution in [0.3, 0.4) is 0 Å². The number of imidazole rings is 2. The predicted molar refractivity (Wildman–Crippen MR) is 93.2 cm³/mol. The van der Waals surface area contributed by atoms with Crippen LogP contribution >= 0.6 is 0 Å². The Labute approximate surface area is 145 Å². The van der Waals surface area contributed by atoms with Crippen molar-refractivity contribution in [1.82, 2.24) is 24.8 Å². The van der Waals surface area contributed by atoms with Gasteiger partial charge in [-0.25, -0.2) is 14.8 Å². The van der Waals surface area contributed by atoms with Crippen molar-refractivity contribution >= 4 is 17.1 Å². The van der Waals surface area contributed by atoms with Crippen LogP contribution in [0.1, 0.15) is 44.0 Å². The van der Waals surface area contributed by atoms with Gasteiger partial charge >= 0.3 is 6.09 Å². The van der Waals surface area contributed by atoms with Crippen LogP contribution in [0.2, 0.25) is 0 Å². The van der Waals surface area contributed by atoms with Gasteiger partial charge in [0.2, 0.25) is 0 Å². The maximum absolute atomic E-state index is 12.8. The number of fused-ring (bicyclic) bond motifs is 2. The number of nitrogens with zero attached hydrogens (tertiary/aromatic N) is 3. The normalized spacial score (nSPS) is 17.6. The van der Waals surface area contributed by atoms with Gasteiger partial charge in [0.1, 0.15) is 17.5 Å². The fourth-order valence-electron chi connectivity index (χ4n) is 3.17. The number of hydrogen-bond donors (Lipinski definition) is 2. The molecule has 0 spiro atoms. The number of amides is 1. The summed E-state index contributed by atoms with van der Waals surface area (Å²) >= 11 is 0. The molecule has 0 aliphatic carbocycles. The number of aromatic nitrogens is 4. The lowest BCUT2D eigenvalue weighted by atomic mass is 10.0.